The summed E-state index contributed by atoms with van der Waals surface area (Å²) in [6.07, 6.45) is 4.04. The lowest BCUT2D eigenvalue weighted by molar-refractivity contribution is 0.241. The smallest absolute Gasteiger partial charge is 0.207 e. The molecule has 3 nitrogen and oxygen atoms in total. The van der Waals surface area contributed by atoms with Gasteiger partial charge in [-0.05, 0) is 37.3 Å². The molecule has 112 valence electrons. The van der Waals surface area contributed by atoms with Crippen LogP contribution in [-0.4, -0.2) is 19.3 Å². The topological polar surface area (TPSA) is 46.2 Å². The highest BCUT2D eigenvalue weighted by Gasteiger charge is 2.38. The monoisotopic (exact) mass is 359 g/mol. The molecule has 2 atom stereocenters. The Bertz CT molecular complexity index is 573. The van der Waals surface area contributed by atoms with Gasteiger partial charge in [0.25, 0.3) is 0 Å². The first-order valence-corrected chi connectivity index (χ1v) is 9.65. The lowest BCUT2D eigenvalue weighted by atomic mass is 9.78. The van der Waals surface area contributed by atoms with Crippen LogP contribution in [0.5, 0.6) is 0 Å². The van der Waals surface area contributed by atoms with Crippen LogP contribution < -0.4 is 4.72 Å². The van der Waals surface area contributed by atoms with E-state index in [0.717, 1.165) is 24.8 Å². The van der Waals surface area contributed by atoms with Crippen molar-refractivity contribution in [1.29, 1.82) is 0 Å². The van der Waals surface area contributed by atoms with Gasteiger partial charge in [0.15, 0.2) is 0 Å². The Balaban J connectivity index is 2.29. The van der Waals surface area contributed by atoms with E-state index in [1.54, 1.807) is 12.1 Å². The Hall–Kier alpha value is -0.390. The van der Waals surface area contributed by atoms with Crippen molar-refractivity contribution < 1.29 is 8.42 Å². The van der Waals surface area contributed by atoms with Crippen molar-refractivity contribution >= 4 is 26.0 Å². The minimum Gasteiger partial charge on any atom is -0.207 e. The molecule has 1 fully saturated rings. The van der Waals surface area contributed by atoms with Crippen molar-refractivity contribution in [3.05, 3.63) is 29.8 Å². The van der Waals surface area contributed by atoms with Crippen molar-refractivity contribution in [3.63, 3.8) is 0 Å². The Morgan fingerprint density at radius 1 is 1.40 bits per heavy atom. The number of rotatable bonds is 4. The molecule has 1 aliphatic rings. The van der Waals surface area contributed by atoms with Crippen LogP contribution in [0.2, 0.25) is 0 Å². The fourth-order valence-corrected chi connectivity index (χ4v) is 5.62. The maximum Gasteiger partial charge on any atom is 0.241 e. The number of hydrogen-bond acceptors (Lipinski definition) is 2. The first-order valence-electron chi connectivity index (χ1n) is 7.04. The van der Waals surface area contributed by atoms with Crippen LogP contribution in [0.4, 0.5) is 0 Å². The minimum atomic E-state index is -3.46. The molecule has 0 amide bonds. The zero-order chi connectivity index (χ0) is 14.8. The van der Waals surface area contributed by atoms with Gasteiger partial charge in [0.1, 0.15) is 0 Å². The molecule has 1 aliphatic carbocycles. The summed E-state index contributed by atoms with van der Waals surface area (Å²) in [6.45, 7) is 4.03. The molecule has 1 aromatic carbocycles. The summed E-state index contributed by atoms with van der Waals surface area (Å²) in [5, 5.41) is 0.662. The lowest BCUT2D eigenvalue weighted by Crippen LogP contribution is -2.52. The summed E-state index contributed by atoms with van der Waals surface area (Å²) in [5.74, 6) is 0.556. The molecule has 1 saturated carbocycles. The van der Waals surface area contributed by atoms with Gasteiger partial charge in [0, 0.05) is 10.9 Å². The number of benzene rings is 1. The van der Waals surface area contributed by atoms with E-state index < -0.39 is 10.0 Å². The average molecular weight is 360 g/mol. The van der Waals surface area contributed by atoms with Gasteiger partial charge in [-0.3, -0.25) is 0 Å². The van der Waals surface area contributed by atoms with Gasteiger partial charge < -0.3 is 0 Å². The van der Waals surface area contributed by atoms with Crippen molar-refractivity contribution in [2.24, 2.45) is 5.92 Å². The van der Waals surface area contributed by atoms with Crippen LogP contribution in [0, 0.1) is 12.8 Å². The van der Waals surface area contributed by atoms with Gasteiger partial charge >= 0.3 is 0 Å². The molecule has 0 spiro atoms. The van der Waals surface area contributed by atoms with Crippen LogP contribution in [0.15, 0.2) is 29.2 Å². The average Bonchev–Trinajstić information content (AvgIpc) is 2.38. The van der Waals surface area contributed by atoms with Gasteiger partial charge in [-0.1, -0.05) is 53.9 Å². The van der Waals surface area contributed by atoms with E-state index in [2.05, 4.69) is 27.6 Å². The van der Waals surface area contributed by atoms with Gasteiger partial charge in [-0.15, -0.1) is 0 Å². The van der Waals surface area contributed by atoms with Crippen LogP contribution in [0.3, 0.4) is 0 Å². The highest BCUT2D eigenvalue weighted by molar-refractivity contribution is 9.09. The van der Waals surface area contributed by atoms with E-state index in [1.807, 2.05) is 19.1 Å². The molecule has 0 radical (unpaired) electrons. The number of nitrogens with one attached hydrogen (secondary N) is 1. The number of alkyl halides is 1. The molecule has 2 rings (SSSR count). The Morgan fingerprint density at radius 3 is 2.70 bits per heavy atom. The van der Waals surface area contributed by atoms with E-state index in [4.69, 9.17) is 0 Å². The van der Waals surface area contributed by atoms with Crippen LogP contribution >= 0.6 is 15.9 Å². The van der Waals surface area contributed by atoms with Crippen LogP contribution in [0.1, 0.15) is 38.2 Å². The standard InChI is InChI=1S/C15H22BrNO2S/c1-12-6-5-9-15(10-12,11-16)17-20(18,19)14-8-4-3-7-13(14)2/h3-4,7-8,12,17H,5-6,9-11H2,1-2H3. The summed E-state index contributed by atoms with van der Waals surface area (Å²) in [7, 11) is -3.46. The molecule has 1 N–H and O–H groups in total. The highest BCUT2D eigenvalue weighted by Crippen LogP contribution is 2.35. The van der Waals surface area contributed by atoms with Crippen molar-refractivity contribution in [2.45, 2.75) is 50.0 Å². The number of hydrogen-bond donors (Lipinski definition) is 1. The number of halogens is 1. The van der Waals surface area contributed by atoms with Crippen molar-refractivity contribution in [2.75, 3.05) is 5.33 Å². The van der Waals surface area contributed by atoms with Gasteiger partial charge in [-0.25, -0.2) is 13.1 Å². The largest absolute Gasteiger partial charge is 0.241 e. The zero-order valence-corrected chi connectivity index (χ0v) is 14.4. The third-order valence-corrected chi connectivity index (χ3v) is 6.89. The normalized spacial score (nSPS) is 27.4. The first kappa shape index (κ1) is 16.0. The summed E-state index contributed by atoms with van der Waals surface area (Å²) < 4.78 is 28.3. The Morgan fingerprint density at radius 2 is 2.10 bits per heavy atom. The molecule has 0 heterocycles. The van der Waals surface area contributed by atoms with Gasteiger partial charge in [0.2, 0.25) is 10.0 Å². The summed E-state index contributed by atoms with van der Waals surface area (Å²) in [5.41, 5.74) is 0.437. The van der Waals surface area contributed by atoms with E-state index in [1.165, 1.54) is 6.42 Å². The maximum atomic E-state index is 12.7. The second-order valence-electron chi connectivity index (χ2n) is 5.99. The molecular weight excluding hydrogens is 338 g/mol. The van der Waals surface area contributed by atoms with Gasteiger partial charge in [-0.2, -0.15) is 0 Å². The SMILES string of the molecule is Cc1ccccc1S(=O)(=O)NC1(CBr)CCCC(C)C1. The second kappa shape index (κ2) is 6.16. The molecular formula is C15H22BrNO2S. The van der Waals surface area contributed by atoms with Crippen molar-refractivity contribution in [3.8, 4) is 0 Å². The third kappa shape index (κ3) is 3.43. The maximum absolute atomic E-state index is 12.7. The Kier molecular flexibility index (Phi) is 4.92. The quantitative estimate of drug-likeness (QED) is 0.834. The summed E-state index contributed by atoms with van der Waals surface area (Å²) >= 11 is 3.51. The summed E-state index contributed by atoms with van der Waals surface area (Å²) in [6, 6.07) is 7.13. The molecule has 0 aromatic heterocycles. The number of aryl methyl sites for hydroxylation is 1. The third-order valence-electron chi connectivity index (χ3n) is 4.08. The van der Waals surface area contributed by atoms with Crippen LogP contribution in [-0.2, 0) is 10.0 Å². The van der Waals surface area contributed by atoms with E-state index in [9.17, 15) is 8.42 Å². The van der Waals surface area contributed by atoms with Crippen LogP contribution in [0.25, 0.3) is 0 Å². The number of sulfonamides is 1. The van der Waals surface area contributed by atoms with Crippen molar-refractivity contribution in [1.82, 2.24) is 4.72 Å². The fraction of sp³-hybridized carbons (Fsp3) is 0.600. The van der Waals surface area contributed by atoms with E-state index in [0.29, 0.717) is 16.1 Å². The predicted octanol–water partition coefficient (Wildman–Crippen LogP) is 3.62. The molecule has 1 aromatic rings. The molecule has 2 unspecified atom stereocenters. The lowest BCUT2D eigenvalue weighted by Gasteiger charge is -2.39. The highest BCUT2D eigenvalue weighted by atomic mass is 79.9. The second-order valence-corrected chi connectivity index (χ2v) is 8.20. The Labute approximate surface area is 130 Å². The summed E-state index contributed by atoms with van der Waals surface area (Å²) in [4.78, 5) is 0.388. The minimum absolute atomic E-state index is 0.348. The zero-order valence-electron chi connectivity index (χ0n) is 12.0. The van der Waals surface area contributed by atoms with Gasteiger partial charge in [0.05, 0.1) is 4.90 Å². The molecule has 0 aliphatic heterocycles. The first-order chi connectivity index (χ1) is 9.38. The van der Waals surface area contributed by atoms with E-state index >= 15 is 0 Å². The molecule has 20 heavy (non-hydrogen) atoms. The fourth-order valence-electron chi connectivity index (χ4n) is 3.10. The predicted molar refractivity (Wildman–Crippen MR) is 85.7 cm³/mol. The molecule has 0 saturated heterocycles. The molecule has 0 bridgehead atoms. The molecule has 5 heteroatoms. The van der Waals surface area contributed by atoms with E-state index in [-0.39, 0.29) is 5.54 Å².